The second kappa shape index (κ2) is 8.81. The van der Waals surface area contributed by atoms with Gasteiger partial charge < -0.3 is 15.5 Å². The lowest BCUT2D eigenvalue weighted by molar-refractivity contribution is -0.114. The highest BCUT2D eigenvalue weighted by molar-refractivity contribution is 7.98. The van der Waals surface area contributed by atoms with Crippen molar-refractivity contribution in [1.82, 2.24) is 0 Å². The summed E-state index contributed by atoms with van der Waals surface area (Å²) in [4.78, 5) is 15.7. The molecule has 0 spiro atoms. The van der Waals surface area contributed by atoms with Crippen molar-refractivity contribution in [2.75, 3.05) is 41.4 Å². The number of rotatable bonds is 6. The Kier molecular flexibility index (Phi) is 6.23. The van der Waals surface area contributed by atoms with Crippen LogP contribution in [-0.2, 0) is 4.79 Å². The molecule has 3 rings (SSSR count). The smallest absolute Gasteiger partial charge is 0.243 e. The van der Waals surface area contributed by atoms with Crippen LogP contribution in [0.3, 0.4) is 0 Å². The van der Waals surface area contributed by atoms with Gasteiger partial charge in [-0.15, -0.1) is 11.8 Å². The van der Waals surface area contributed by atoms with Crippen molar-refractivity contribution in [3.63, 3.8) is 0 Å². The van der Waals surface area contributed by atoms with Gasteiger partial charge in [0, 0.05) is 35.0 Å². The van der Waals surface area contributed by atoms with E-state index in [0.29, 0.717) is 0 Å². The van der Waals surface area contributed by atoms with Crippen LogP contribution in [0.15, 0.2) is 53.4 Å². The molecule has 5 heteroatoms. The monoisotopic (exact) mass is 355 g/mol. The lowest BCUT2D eigenvalue weighted by Gasteiger charge is -2.28. The van der Waals surface area contributed by atoms with Crippen molar-refractivity contribution in [2.45, 2.75) is 24.2 Å². The molecule has 0 radical (unpaired) electrons. The van der Waals surface area contributed by atoms with Crippen LogP contribution in [0, 0.1) is 0 Å². The lowest BCUT2D eigenvalue weighted by Crippen LogP contribution is -2.29. The standard InChI is InChI=1S/C20H25N3OS/c1-25-19-8-4-3-7-18(19)21-15-20(24)22-16-9-11-17(12-10-16)23-13-5-2-6-14-23/h3-4,7-12,21H,2,5-6,13-15H2,1H3,(H,22,24). The van der Waals surface area contributed by atoms with Gasteiger partial charge in [0.25, 0.3) is 0 Å². The first-order valence-corrected chi connectivity index (χ1v) is 10.0. The van der Waals surface area contributed by atoms with E-state index in [1.165, 1.54) is 24.9 Å². The molecule has 0 unspecified atom stereocenters. The molecule has 1 amide bonds. The average molecular weight is 356 g/mol. The van der Waals surface area contributed by atoms with Gasteiger partial charge in [0.05, 0.1) is 6.54 Å². The summed E-state index contributed by atoms with van der Waals surface area (Å²) in [5, 5.41) is 6.16. The van der Waals surface area contributed by atoms with Gasteiger partial charge in [0.2, 0.25) is 5.91 Å². The fourth-order valence-electron chi connectivity index (χ4n) is 3.08. The summed E-state index contributed by atoms with van der Waals surface area (Å²) < 4.78 is 0. The number of carbonyl (C=O) groups is 1. The third kappa shape index (κ3) is 4.92. The Balaban J connectivity index is 1.52. The highest BCUT2D eigenvalue weighted by Crippen LogP contribution is 2.24. The van der Waals surface area contributed by atoms with Crippen LogP contribution in [0.5, 0.6) is 0 Å². The predicted molar refractivity (Wildman–Crippen MR) is 108 cm³/mol. The van der Waals surface area contributed by atoms with Crippen molar-refractivity contribution in [2.24, 2.45) is 0 Å². The Morgan fingerprint density at radius 2 is 1.76 bits per heavy atom. The van der Waals surface area contributed by atoms with Crippen LogP contribution in [-0.4, -0.2) is 31.8 Å². The molecule has 0 aromatic heterocycles. The largest absolute Gasteiger partial charge is 0.375 e. The first-order chi connectivity index (χ1) is 12.3. The number of hydrogen-bond donors (Lipinski definition) is 2. The number of thioether (sulfide) groups is 1. The van der Waals surface area contributed by atoms with E-state index in [4.69, 9.17) is 0 Å². The Labute approximate surface area is 154 Å². The van der Waals surface area contributed by atoms with E-state index < -0.39 is 0 Å². The molecule has 25 heavy (non-hydrogen) atoms. The number of anilines is 3. The summed E-state index contributed by atoms with van der Waals surface area (Å²) in [6, 6.07) is 16.2. The van der Waals surface area contributed by atoms with E-state index in [0.717, 1.165) is 29.4 Å². The molecule has 2 aromatic rings. The molecule has 1 fully saturated rings. The molecule has 1 aliphatic rings. The van der Waals surface area contributed by atoms with Crippen molar-refractivity contribution in [3.05, 3.63) is 48.5 Å². The van der Waals surface area contributed by atoms with Gasteiger partial charge >= 0.3 is 0 Å². The Hall–Kier alpha value is -2.14. The molecule has 4 nitrogen and oxygen atoms in total. The Morgan fingerprint density at radius 3 is 2.48 bits per heavy atom. The zero-order chi connectivity index (χ0) is 17.5. The highest BCUT2D eigenvalue weighted by atomic mass is 32.2. The highest BCUT2D eigenvalue weighted by Gasteiger charge is 2.11. The van der Waals surface area contributed by atoms with Gasteiger partial charge in [0.15, 0.2) is 0 Å². The normalized spacial score (nSPS) is 14.2. The van der Waals surface area contributed by atoms with Crippen LogP contribution in [0.1, 0.15) is 19.3 Å². The van der Waals surface area contributed by atoms with E-state index in [-0.39, 0.29) is 12.5 Å². The maximum absolute atomic E-state index is 12.2. The molecule has 1 heterocycles. The quantitative estimate of drug-likeness (QED) is 0.752. The van der Waals surface area contributed by atoms with Crippen molar-refractivity contribution in [3.8, 4) is 0 Å². The van der Waals surface area contributed by atoms with E-state index in [2.05, 4.69) is 27.7 Å². The number of nitrogens with zero attached hydrogens (tertiary/aromatic N) is 1. The van der Waals surface area contributed by atoms with Gasteiger partial charge in [-0.3, -0.25) is 4.79 Å². The van der Waals surface area contributed by atoms with Crippen molar-refractivity contribution >= 4 is 34.7 Å². The van der Waals surface area contributed by atoms with Gasteiger partial charge in [-0.25, -0.2) is 0 Å². The SMILES string of the molecule is CSc1ccccc1NCC(=O)Nc1ccc(N2CCCCC2)cc1. The maximum atomic E-state index is 12.2. The van der Waals surface area contributed by atoms with Crippen LogP contribution in [0.2, 0.25) is 0 Å². The summed E-state index contributed by atoms with van der Waals surface area (Å²) in [5.74, 6) is -0.0402. The third-order valence-corrected chi connectivity index (χ3v) is 5.21. The summed E-state index contributed by atoms with van der Waals surface area (Å²) in [7, 11) is 0. The summed E-state index contributed by atoms with van der Waals surface area (Å²) in [6.45, 7) is 2.51. The fraction of sp³-hybridized carbons (Fsp3) is 0.350. The minimum Gasteiger partial charge on any atom is -0.375 e. The minimum atomic E-state index is -0.0402. The second-order valence-corrected chi connectivity index (χ2v) is 7.04. The van der Waals surface area contributed by atoms with Crippen LogP contribution < -0.4 is 15.5 Å². The molecule has 0 saturated carbocycles. The molecular weight excluding hydrogens is 330 g/mol. The lowest BCUT2D eigenvalue weighted by atomic mass is 10.1. The number of benzene rings is 2. The molecule has 1 aliphatic heterocycles. The number of nitrogens with one attached hydrogen (secondary N) is 2. The fourth-order valence-corrected chi connectivity index (χ4v) is 3.65. The van der Waals surface area contributed by atoms with Gasteiger partial charge in [-0.2, -0.15) is 0 Å². The third-order valence-electron chi connectivity index (χ3n) is 4.42. The first kappa shape index (κ1) is 17.7. The van der Waals surface area contributed by atoms with Gasteiger partial charge in [0.1, 0.15) is 0 Å². The van der Waals surface area contributed by atoms with Gasteiger partial charge in [-0.1, -0.05) is 12.1 Å². The maximum Gasteiger partial charge on any atom is 0.243 e. The number of carbonyl (C=O) groups excluding carboxylic acids is 1. The predicted octanol–water partition coefficient (Wildman–Crippen LogP) is 4.45. The summed E-state index contributed by atoms with van der Waals surface area (Å²) in [5.41, 5.74) is 3.07. The van der Waals surface area contributed by atoms with Crippen molar-refractivity contribution < 1.29 is 4.79 Å². The van der Waals surface area contributed by atoms with Crippen LogP contribution in [0.4, 0.5) is 17.1 Å². The molecule has 1 saturated heterocycles. The number of amides is 1. The summed E-state index contributed by atoms with van der Waals surface area (Å²) in [6.07, 6.45) is 5.89. The second-order valence-electron chi connectivity index (χ2n) is 6.20. The van der Waals surface area contributed by atoms with Crippen LogP contribution in [0.25, 0.3) is 0 Å². The molecule has 2 N–H and O–H groups in total. The van der Waals surface area contributed by atoms with E-state index in [9.17, 15) is 4.79 Å². The van der Waals surface area contributed by atoms with E-state index in [1.807, 2.05) is 42.7 Å². The number of piperidine rings is 1. The van der Waals surface area contributed by atoms with E-state index in [1.54, 1.807) is 11.8 Å². The van der Waals surface area contributed by atoms with Crippen LogP contribution >= 0.6 is 11.8 Å². The minimum absolute atomic E-state index is 0.0402. The number of para-hydroxylation sites is 1. The topological polar surface area (TPSA) is 44.4 Å². The van der Waals surface area contributed by atoms with Gasteiger partial charge in [-0.05, 0) is 61.9 Å². The first-order valence-electron chi connectivity index (χ1n) is 8.78. The Bertz CT molecular complexity index is 696. The zero-order valence-corrected chi connectivity index (χ0v) is 15.4. The molecule has 0 aliphatic carbocycles. The van der Waals surface area contributed by atoms with E-state index >= 15 is 0 Å². The number of hydrogen-bond acceptors (Lipinski definition) is 4. The Morgan fingerprint density at radius 1 is 1.04 bits per heavy atom. The molecule has 0 atom stereocenters. The zero-order valence-electron chi connectivity index (χ0n) is 14.6. The molecule has 0 bridgehead atoms. The van der Waals surface area contributed by atoms with Crippen molar-refractivity contribution in [1.29, 1.82) is 0 Å². The molecule has 132 valence electrons. The molecule has 2 aromatic carbocycles. The molecular formula is C20H25N3OS. The summed E-state index contributed by atoms with van der Waals surface area (Å²) >= 11 is 1.67. The average Bonchev–Trinajstić information content (AvgIpc) is 2.68.